The van der Waals surface area contributed by atoms with E-state index in [1.807, 2.05) is 12.1 Å². The average molecular weight is 367 g/mol. The highest BCUT2D eigenvalue weighted by molar-refractivity contribution is 5.76. The maximum atomic E-state index is 12.6. The fraction of sp³-hybridized carbons (Fsp3) is 0.435. The van der Waals surface area contributed by atoms with Crippen LogP contribution < -0.4 is 5.32 Å². The van der Waals surface area contributed by atoms with Gasteiger partial charge in [0.2, 0.25) is 5.91 Å². The van der Waals surface area contributed by atoms with E-state index in [4.69, 9.17) is 0 Å². The summed E-state index contributed by atoms with van der Waals surface area (Å²) in [6.45, 7) is 2.23. The van der Waals surface area contributed by atoms with Crippen molar-refractivity contribution in [3.05, 3.63) is 65.2 Å². The zero-order chi connectivity index (χ0) is 19.4. The van der Waals surface area contributed by atoms with Gasteiger partial charge in [-0.1, -0.05) is 43.3 Å². The summed E-state index contributed by atoms with van der Waals surface area (Å²) in [5.41, 5.74) is 3.80. The van der Waals surface area contributed by atoms with Crippen LogP contribution >= 0.6 is 0 Å². The summed E-state index contributed by atoms with van der Waals surface area (Å²) in [5, 5.41) is 12.7. The fourth-order valence-corrected chi connectivity index (χ4v) is 4.03. The number of hydrogen-bond donors (Lipinski definition) is 2. The molecule has 4 nitrogen and oxygen atoms in total. The zero-order valence-electron chi connectivity index (χ0n) is 16.5. The number of phenolic OH excluding ortho intramolecular Hbond substituents is 1. The number of carbonyl (C=O) groups is 1. The number of hydrogen-bond acceptors (Lipinski definition) is 3. The highest BCUT2D eigenvalue weighted by Gasteiger charge is 2.28. The van der Waals surface area contributed by atoms with Crippen LogP contribution in [0.25, 0.3) is 0 Å². The second-order valence-electron chi connectivity index (χ2n) is 7.91. The molecule has 2 N–H and O–H groups in total. The molecule has 2 unspecified atom stereocenters. The number of phenols is 1. The Morgan fingerprint density at radius 1 is 1.15 bits per heavy atom. The molecule has 2 aromatic carbocycles. The zero-order valence-corrected chi connectivity index (χ0v) is 16.5. The van der Waals surface area contributed by atoms with Crippen LogP contribution in [0.2, 0.25) is 0 Å². The van der Waals surface area contributed by atoms with Gasteiger partial charge in [0.1, 0.15) is 5.75 Å². The van der Waals surface area contributed by atoms with Crippen LogP contribution in [-0.4, -0.2) is 36.1 Å². The van der Waals surface area contributed by atoms with Gasteiger partial charge >= 0.3 is 0 Å². The minimum atomic E-state index is 0.126. The summed E-state index contributed by atoms with van der Waals surface area (Å²) in [7, 11) is 4.11. The molecule has 144 valence electrons. The summed E-state index contributed by atoms with van der Waals surface area (Å²) in [4.78, 5) is 14.8. The minimum absolute atomic E-state index is 0.126. The van der Waals surface area contributed by atoms with Crippen LogP contribution in [-0.2, 0) is 11.2 Å². The van der Waals surface area contributed by atoms with E-state index in [0.717, 1.165) is 19.3 Å². The smallest absolute Gasteiger partial charge is 0.220 e. The van der Waals surface area contributed by atoms with E-state index in [-0.39, 0.29) is 23.7 Å². The second kappa shape index (κ2) is 8.57. The lowest BCUT2D eigenvalue weighted by Gasteiger charge is -2.25. The average Bonchev–Trinajstić information content (AvgIpc) is 2.96. The van der Waals surface area contributed by atoms with E-state index in [2.05, 4.69) is 55.5 Å². The molecular weight excluding hydrogens is 336 g/mol. The van der Waals surface area contributed by atoms with Crippen molar-refractivity contribution in [1.29, 1.82) is 0 Å². The Morgan fingerprint density at radius 2 is 1.81 bits per heavy atom. The van der Waals surface area contributed by atoms with Crippen molar-refractivity contribution in [3.8, 4) is 5.75 Å². The largest absolute Gasteiger partial charge is 0.508 e. The monoisotopic (exact) mass is 366 g/mol. The highest BCUT2D eigenvalue weighted by Crippen LogP contribution is 2.39. The molecule has 0 aromatic heterocycles. The lowest BCUT2D eigenvalue weighted by molar-refractivity contribution is -0.122. The summed E-state index contributed by atoms with van der Waals surface area (Å²) < 4.78 is 0. The highest BCUT2D eigenvalue weighted by atomic mass is 16.3. The summed E-state index contributed by atoms with van der Waals surface area (Å²) in [6.07, 6.45) is 3.18. The Bertz CT molecular complexity index is 770. The Hall–Kier alpha value is -2.33. The van der Waals surface area contributed by atoms with Crippen molar-refractivity contribution in [2.24, 2.45) is 0 Å². The van der Waals surface area contributed by atoms with Gasteiger partial charge in [-0.05, 0) is 68.1 Å². The van der Waals surface area contributed by atoms with Crippen LogP contribution in [0.15, 0.2) is 48.5 Å². The number of nitrogens with one attached hydrogen (secondary N) is 1. The van der Waals surface area contributed by atoms with Gasteiger partial charge in [-0.15, -0.1) is 0 Å². The number of benzene rings is 2. The van der Waals surface area contributed by atoms with Crippen molar-refractivity contribution in [1.82, 2.24) is 10.2 Å². The molecule has 0 bridgehead atoms. The van der Waals surface area contributed by atoms with Crippen molar-refractivity contribution in [2.45, 2.75) is 50.6 Å². The number of fused-ring (bicyclic) bond motifs is 1. The molecule has 0 heterocycles. The van der Waals surface area contributed by atoms with E-state index >= 15 is 0 Å². The fourth-order valence-electron chi connectivity index (χ4n) is 4.03. The van der Waals surface area contributed by atoms with Gasteiger partial charge in [0.25, 0.3) is 0 Å². The Kier molecular flexibility index (Phi) is 6.17. The van der Waals surface area contributed by atoms with Gasteiger partial charge in [-0.25, -0.2) is 0 Å². The van der Waals surface area contributed by atoms with Crippen LogP contribution in [0.5, 0.6) is 5.75 Å². The van der Waals surface area contributed by atoms with Gasteiger partial charge in [0.15, 0.2) is 0 Å². The molecule has 3 atom stereocenters. The van der Waals surface area contributed by atoms with Gasteiger partial charge in [0, 0.05) is 12.5 Å². The van der Waals surface area contributed by atoms with Crippen molar-refractivity contribution in [3.63, 3.8) is 0 Å². The number of amides is 1. The van der Waals surface area contributed by atoms with Crippen LogP contribution in [0.1, 0.15) is 54.8 Å². The van der Waals surface area contributed by atoms with Gasteiger partial charge < -0.3 is 15.3 Å². The predicted molar refractivity (Wildman–Crippen MR) is 109 cm³/mol. The van der Waals surface area contributed by atoms with Crippen molar-refractivity contribution >= 4 is 5.91 Å². The lowest BCUT2D eigenvalue weighted by Crippen LogP contribution is -2.33. The molecule has 1 amide bonds. The van der Waals surface area contributed by atoms with E-state index < -0.39 is 0 Å². The maximum absolute atomic E-state index is 12.6. The molecule has 0 aliphatic heterocycles. The van der Waals surface area contributed by atoms with Gasteiger partial charge in [-0.3, -0.25) is 4.79 Å². The SMILES string of the molecule is CC1CC(NC(=O)CC[C@H](Cc2ccc(O)cc2)N(C)C)c2ccccc21. The first kappa shape index (κ1) is 19.4. The number of carbonyl (C=O) groups excluding carboxylic acids is 1. The summed E-state index contributed by atoms with van der Waals surface area (Å²) in [5.74, 6) is 0.905. The molecule has 0 fully saturated rings. The number of likely N-dealkylation sites (N-methyl/N-ethyl adjacent to an activating group) is 1. The molecule has 0 saturated carbocycles. The predicted octanol–water partition coefficient (Wildman–Crippen LogP) is 4.01. The summed E-state index contributed by atoms with van der Waals surface area (Å²) in [6, 6.07) is 16.2. The lowest BCUT2D eigenvalue weighted by atomic mass is 10.0. The van der Waals surface area contributed by atoms with Gasteiger partial charge in [0.05, 0.1) is 6.04 Å². The first-order chi connectivity index (χ1) is 12.9. The van der Waals surface area contributed by atoms with E-state index in [0.29, 0.717) is 12.3 Å². The molecule has 3 rings (SSSR count). The third-order valence-corrected chi connectivity index (χ3v) is 5.67. The Balaban J connectivity index is 1.55. The maximum Gasteiger partial charge on any atom is 0.220 e. The summed E-state index contributed by atoms with van der Waals surface area (Å²) >= 11 is 0. The Labute approximate surface area is 162 Å². The molecule has 0 spiro atoms. The van der Waals surface area contributed by atoms with E-state index in [1.54, 1.807) is 12.1 Å². The molecule has 0 saturated heterocycles. The first-order valence-corrected chi connectivity index (χ1v) is 9.76. The normalized spacial score (nSPS) is 19.7. The molecule has 2 aromatic rings. The second-order valence-corrected chi connectivity index (χ2v) is 7.91. The number of rotatable bonds is 7. The third kappa shape index (κ3) is 4.89. The van der Waals surface area contributed by atoms with E-state index in [1.165, 1.54) is 16.7 Å². The first-order valence-electron chi connectivity index (χ1n) is 9.76. The molecule has 1 aliphatic carbocycles. The quantitative estimate of drug-likeness (QED) is 0.778. The number of nitrogens with zero attached hydrogens (tertiary/aromatic N) is 1. The van der Waals surface area contributed by atoms with Gasteiger partial charge in [-0.2, -0.15) is 0 Å². The van der Waals surface area contributed by atoms with E-state index in [9.17, 15) is 9.90 Å². The number of aromatic hydroxyl groups is 1. The molecule has 4 heteroatoms. The standard InChI is InChI=1S/C23H30N2O2/c1-16-14-22(21-7-5-4-6-20(16)21)24-23(27)13-10-18(25(2)3)15-17-8-11-19(26)12-9-17/h4-9,11-12,16,18,22,26H,10,13-15H2,1-3H3,(H,24,27)/t16?,18-,22?/m1/s1. The van der Waals surface area contributed by atoms with Crippen LogP contribution in [0.4, 0.5) is 0 Å². The molecule has 1 aliphatic rings. The molecular formula is C23H30N2O2. The Morgan fingerprint density at radius 3 is 2.48 bits per heavy atom. The minimum Gasteiger partial charge on any atom is -0.508 e. The van der Waals surface area contributed by atoms with Crippen LogP contribution in [0, 0.1) is 0 Å². The third-order valence-electron chi connectivity index (χ3n) is 5.67. The van der Waals surface area contributed by atoms with Crippen LogP contribution in [0.3, 0.4) is 0 Å². The van der Waals surface area contributed by atoms with Crippen molar-refractivity contribution in [2.75, 3.05) is 14.1 Å². The van der Waals surface area contributed by atoms with Crippen molar-refractivity contribution < 1.29 is 9.90 Å². The molecule has 0 radical (unpaired) electrons. The topological polar surface area (TPSA) is 52.6 Å². The molecule has 27 heavy (non-hydrogen) atoms.